The number of nitrogens with one attached hydrogen (secondary N) is 2. The molecule has 0 amide bonds. The first kappa shape index (κ1) is 19.4. The molecule has 2 rings (SSSR count). The summed E-state index contributed by atoms with van der Waals surface area (Å²) in [6.45, 7) is 1.69. The summed E-state index contributed by atoms with van der Waals surface area (Å²) in [4.78, 5) is 13.4. The standard InChI is InChI=1S/C14H13N5O5S2/c1-9(11-4-2-3-7-15-11)17-18-14(25)16-12-6-5-10(19(20)21)8-13(12)26(22,23)24/h2-8H,1H3,(H2,16,18,25)(H,22,23,24)/b17-9+. The molecule has 0 aliphatic heterocycles. The van der Waals surface area contributed by atoms with E-state index in [1.165, 1.54) is 0 Å². The Labute approximate surface area is 153 Å². The smallest absolute Gasteiger partial charge is 0.296 e. The zero-order valence-corrected chi connectivity index (χ0v) is 14.9. The number of thiocarbonyl (C=S) groups is 1. The molecule has 0 bridgehead atoms. The van der Waals surface area contributed by atoms with Gasteiger partial charge in [0.05, 0.1) is 22.0 Å². The third kappa shape index (κ3) is 5.02. The number of nitrogens with zero attached hydrogens (tertiary/aromatic N) is 3. The van der Waals surface area contributed by atoms with Gasteiger partial charge in [-0.25, -0.2) is 0 Å². The van der Waals surface area contributed by atoms with Crippen LogP contribution in [0.4, 0.5) is 11.4 Å². The summed E-state index contributed by atoms with van der Waals surface area (Å²) < 4.78 is 32.2. The van der Waals surface area contributed by atoms with E-state index in [0.29, 0.717) is 11.4 Å². The molecule has 0 aliphatic carbocycles. The molecule has 0 spiro atoms. The molecule has 0 saturated carbocycles. The van der Waals surface area contributed by atoms with Crippen LogP contribution in [0.15, 0.2) is 52.6 Å². The molecule has 0 unspecified atom stereocenters. The average molecular weight is 395 g/mol. The van der Waals surface area contributed by atoms with Crippen LogP contribution in [0, 0.1) is 10.1 Å². The zero-order chi connectivity index (χ0) is 19.3. The quantitative estimate of drug-likeness (QED) is 0.227. The van der Waals surface area contributed by atoms with E-state index in [0.717, 1.165) is 18.2 Å². The summed E-state index contributed by atoms with van der Waals surface area (Å²) in [5.41, 5.74) is 3.00. The van der Waals surface area contributed by atoms with Crippen LogP contribution in [0.1, 0.15) is 12.6 Å². The Balaban J connectivity index is 2.20. The van der Waals surface area contributed by atoms with E-state index >= 15 is 0 Å². The van der Waals surface area contributed by atoms with Crippen molar-refractivity contribution in [3.8, 4) is 0 Å². The van der Waals surface area contributed by atoms with E-state index in [1.54, 1.807) is 31.3 Å². The van der Waals surface area contributed by atoms with Gasteiger partial charge in [-0.2, -0.15) is 13.5 Å². The second-order valence-electron chi connectivity index (χ2n) is 4.89. The third-order valence-corrected chi connectivity index (χ3v) is 4.15. The Morgan fingerprint density at radius 1 is 1.35 bits per heavy atom. The molecule has 0 radical (unpaired) electrons. The minimum Gasteiger partial charge on any atom is -0.330 e. The number of hydrogen-bond donors (Lipinski definition) is 3. The Kier molecular flexibility index (Phi) is 5.92. The summed E-state index contributed by atoms with van der Waals surface area (Å²) >= 11 is 5.01. The molecule has 1 aromatic carbocycles. The van der Waals surface area contributed by atoms with Gasteiger partial charge in [0.25, 0.3) is 15.8 Å². The molecule has 0 aliphatic rings. The van der Waals surface area contributed by atoms with Crippen LogP contribution in [0.25, 0.3) is 0 Å². The second-order valence-corrected chi connectivity index (χ2v) is 6.69. The van der Waals surface area contributed by atoms with E-state index in [-0.39, 0.29) is 10.8 Å². The van der Waals surface area contributed by atoms with Crippen LogP contribution >= 0.6 is 12.2 Å². The van der Waals surface area contributed by atoms with Crippen molar-refractivity contribution in [2.75, 3.05) is 5.32 Å². The van der Waals surface area contributed by atoms with Crippen LogP contribution in [-0.2, 0) is 10.1 Å². The summed E-state index contributed by atoms with van der Waals surface area (Å²) in [5, 5.41) is 17.2. The number of hydrazone groups is 1. The number of pyridine rings is 1. The number of anilines is 1. The van der Waals surface area contributed by atoms with E-state index < -0.39 is 25.6 Å². The lowest BCUT2D eigenvalue weighted by molar-refractivity contribution is -0.385. The first-order valence-electron chi connectivity index (χ1n) is 6.97. The maximum atomic E-state index is 11.5. The molecule has 26 heavy (non-hydrogen) atoms. The average Bonchev–Trinajstić information content (AvgIpc) is 2.59. The minimum atomic E-state index is -4.71. The normalized spacial score (nSPS) is 11.7. The van der Waals surface area contributed by atoms with Gasteiger partial charge in [0.15, 0.2) is 5.11 Å². The van der Waals surface area contributed by atoms with Crippen molar-refractivity contribution >= 4 is 44.5 Å². The molecule has 1 heterocycles. The molecule has 0 atom stereocenters. The van der Waals surface area contributed by atoms with Crippen molar-refractivity contribution in [3.63, 3.8) is 0 Å². The van der Waals surface area contributed by atoms with Gasteiger partial charge in [-0.15, -0.1) is 0 Å². The largest absolute Gasteiger partial charge is 0.330 e. The van der Waals surface area contributed by atoms with Crippen molar-refractivity contribution in [1.29, 1.82) is 0 Å². The van der Waals surface area contributed by atoms with Crippen molar-refractivity contribution < 1.29 is 17.9 Å². The summed E-state index contributed by atoms with van der Waals surface area (Å²) in [6, 6.07) is 8.19. The fraction of sp³-hybridized carbons (Fsp3) is 0.0714. The maximum Gasteiger partial charge on any atom is 0.296 e. The number of benzene rings is 1. The number of non-ortho nitro benzene ring substituents is 1. The molecule has 0 saturated heterocycles. The molecular weight excluding hydrogens is 382 g/mol. The van der Waals surface area contributed by atoms with Crippen molar-refractivity contribution in [2.24, 2.45) is 5.10 Å². The molecule has 12 heteroatoms. The van der Waals surface area contributed by atoms with Crippen LogP contribution in [0.2, 0.25) is 0 Å². The minimum absolute atomic E-state index is 0.0842. The lowest BCUT2D eigenvalue weighted by atomic mass is 10.3. The fourth-order valence-electron chi connectivity index (χ4n) is 1.86. The maximum absolute atomic E-state index is 11.5. The van der Waals surface area contributed by atoms with Gasteiger partial charge in [0, 0.05) is 18.3 Å². The number of rotatable bonds is 5. The third-order valence-electron chi connectivity index (χ3n) is 3.06. The van der Waals surface area contributed by atoms with Gasteiger partial charge in [0.2, 0.25) is 0 Å². The first-order chi connectivity index (χ1) is 12.2. The molecular formula is C14H13N5O5S2. The van der Waals surface area contributed by atoms with Gasteiger partial charge in [-0.3, -0.25) is 25.1 Å². The highest BCUT2D eigenvalue weighted by Crippen LogP contribution is 2.26. The molecule has 10 nitrogen and oxygen atoms in total. The summed E-state index contributed by atoms with van der Waals surface area (Å²) in [6.07, 6.45) is 1.60. The highest BCUT2D eigenvalue weighted by molar-refractivity contribution is 7.86. The Hall–Kier alpha value is -2.96. The topological polar surface area (TPSA) is 147 Å². The van der Waals surface area contributed by atoms with Crippen LogP contribution in [-0.4, -0.2) is 33.7 Å². The highest BCUT2D eigenvalue weighted by Gasteiger charge is 2.20. The fourth-order valence-corrected chi connectivity index (χ4v) is 2.68. The summed E-state index contributed by atoms with van der Waals surface area (Å²) in [7, 11) is -4.71. The van der Waals surface area contributed by atoms with Crippen molar-refractivity contribution in [1.82, 2.24) is 10.4 Å². The molecule has 1 aromatic heterocycles. The Bertz CT molecular complexity index is 976. The Morgan fingerprint density at radius 3 is 2.65 bits per heavy atom. The van der Waals surface area contributed by atoms with Crippen molar-refractivity contribution in [2.45, 2.75) is 11.8 Å². The summed E-state index contributed by atoms with van der Waals surface area (Å²) in [5.74, 6) is 0. The lowest BCUT2D eigenvalue weighted by Crippen LogP contribution is -2.26. The van der Waals surface area contributed by atoms with E-state index in [2.05, 4.69) is 20.8 Å². The first-order valence-corrected chi connectivity index (χ1v) is 8.82. The van der Waals surface area contributed by atoms with Crippen LogP contribution in [0.5, 0.6) is 0 Å². The number of nitro benzene ring substituents is 1. The molecule has 0 fully saturated rings. The second kappa shape index (κ2) is 7.95. The predicted octanol–water partition coefficient (Wildman–Crippen LogP) is 1.95. The van der Waals surface area contributed by atoms with Crippen LogP contribution < -0.4 is 10.7 Å². The van der Waals surface area contributed by atoms with E-state index in [9.17, 15) is 23.1 Å². The Morgan fingerprint density at radius 2 is 2.08 bits per heavy atom. The molecule has 3 N–H and O–H groups in total. The van der Waals surface area contributed by atoms with Gasteiger partial charge in [0.1, 0.15) is 4.90 Å². The number of hydrogen-bond acceptors (Lipinski definition) is 7. The highest BCUT2D eigenvalue weighted by atomic mass is 32.2. The van der Waals surface area contributed by atoms with Crippen LogP contribution in [0.3, 0.4) is 0 Å². The van der Waals surface area contributed by atoms with Gasteiger partial charge < -0.3 is 5.32 Å². The lowest BCUT2D eigenvalue weighted by Gasteiger charge is -2.11. The molecule has 136 valence electrons. The van der Waals surface area contributed by atoms with Gasteiger partial charge in [-0.1, -0.05) is 6.07 Å². The van der Waals surface area contributed by atoms with Gasteiger partial charge >= 0.3 is 0 Å². The zero-order valence-electron chi connectivity index (χ0n) is 13.3. The number of aromatic nitrogens is 1. The predicted molar refractivity (Wildman–Crippen MR) is 98.7 cm³/mol. The van der Waals surface area contributed by atoms with Gasteiger partial charge in [-0.05, 0) is 37.3 Å². The van der Waals surface area contributed by atoms with E-state index in [1.807, 2.05) is 0 Å². The van der Waals surface area contributed by atoms with E-state index in [4.69, 9.17) is 12.2 Å². The monoisotopic (exact) mass is 395 g/mol. The molecule has 2 aromatic rings. The van der Waals surface area contributed by atoms with Crippen molar-refractivity contribution in [3.05, 3.63) is 58.4 Å². The number of nitro groups is 1. The SMILES string of the molecule is C/C(=N\NC(=S)Nc1ccc([N+](=O)[O-])cc1S(=O)(=O)O)c1ccccn1.